The fourth-order valence-corrected chi connectivity index (χ4v) is 9.57. The molecule has 0 amide bonds. The SMILES string of the molecule is c1ccc2c3cccp(CCp4cccc5c6ccccc6cc4-5)c-3cc2c1. The molecule has 2 aliphatic carbocycles. The van der Waals surface area contributed by atoms with Gasteiger partial charge in [0.2, 0.25) is 0 Å². The normalized spacial score (nSPS) is 13.1. The molecule has 2 heterocycles. The molecule has 0 fully saturated rings. The van der Waals surface area contributed by atoms with Crippen molar-refractivity contribution in [1.29, 1.82) is 0 Å². The molecule has 2 heteroatoms. The van der Waals surface area contributed by atoms with E-state index in [1.165, 1.54) is 45.0 Å². The van der Waals surface area contributed by atoms with Crippen LogP contribution in [0.2, 0.25) is 0 Å². The second-order valence-corrected chi connectivity index (χ2v) is 11.8. The summed E-state index contributed by atoms with van der Waals surface area (Å²) >= 11 is 0. The van der Waals surface area contributed by atoms with Gasteiger partial charge in [0.15, 0.2) is 0 Å². The molecule has 0 spiro atoms. The van der Waals surface area contributed by atoms with Crippen LogP contribution < -0.4 is 0 Å². The number of hydrogen-bond acceptors (Lipinski definition) is 0. The number of benzene rings is 2. The summed E-state index contributed by atoms with van der Waals surface area (Å²) < 4.78 is 0. The minimum atomic E-state index is -0.212. The zero-order valence-corrected chi connectivity index (χ0v) is 17.3. The van der Waals surface area contributed by atoms with E-state index >= 15 is 0 Å². The van der Waals surface area contributed by atoms with Crippen LogP contribution in [0.15, 0.2) is 96.5 Å². The molecule has 28 heavy (non-hydrogen) atoms. The highest BCUT2D eigenvalue weighted by Crippen LogP contribution is 2.52. The van der Waals surface area contributed by atoms with Crippen LogP contribution in [0.5, 0.6) is 0 Å². The van der Waals surface area contributed by atoms with Gasteiger partial charge in [0.25, 0.3) is 0 Å². The van der Waals surface area contributed by atoms with Crippen LogP contribution in [0.3, 0.4) is 0 Å². The van der Waals surface area contributed by atoms with Crippen LogP contribution in [-0.4, -0.2) is 0 Å². The fourth-order valence-electron chi connectivity index (χ4n) is 4.54. The van der Waals surface area contributed by atoms with Crippen LogP contribution in [0, 0.1) is 0 Å². The summed E-state index contributed by atoms with van der Waals surface area (Å²) in [6.45, 7) is 0. The van der Waals surface area contributed by atoms with Gasteiger partial charge in [0, 0.05) is 10.6 Å². The number of hydrogen-bond donors (Lipinski definition) is 0. The van der Waals surface area contributed by atoms with Crippen molar-refractivity contribution in [2.45, 2.75) is 12.3 Å². The third-order valence-electron chi connectivity index (χ3n) is 5.90. The molecule has 0 N–H and O–H groups in total. The van der Waals surface area contributed by atoms with E-state index in [4.69, 9.17) is 0 Å². The topological polar surface area (TPSA) is 0 Å². The van der Waals surface area contributed by atoms with Gasteiger partial charge < -0.3 is 0 Å². The molecule has 2 aliphatic heterocycles. The smallest absolute Gasteiger partial charge is 0.00241 e. The minimum absolute atomic E-state index is 0.212. The number of rotatable bonds is 3. The van der Waals surface area contributed by atoms with Gasteiger partial charge in [-0.05, 0) is 68.7 Å². The van der Waals surface area contributed by atoms with E-state index < -0.39 is 0 Å². The van der Waals surface area contributed by atoms with Crippen LogP contribution in [0.1, 0.15) is 0 Å². The highest BCUT2D eigenvalue weighted by Gasteiger charge is 2.15. The first-order valence-electron chi connectivity index (χ1n) is 9.82. The van der Waals surface area contributed by atoms with Gasteiger partial charge in [-0.15, -0.1) is 15.1 Å². The van der Waals surface area contributed by atoms with Gasteiger partial charge in [-0.1, -0.05) is 72.8 Å². The second-order valence-electron chi connectivity index (χ2n) is 7.46. The van der Waals surface area contributed by atoms with Crippen LogP contribution in [0.25, 0.3) is 43.3 Å². The highest BCUT2D eigenvalue weighted by molar-refractivity contribution is 7.55. The Bertz CT molecular complexity index is 1260. The molecule has 4 aliphatic rings. The predicted octanol–water partition coefficient (Wildman–Crippen LogP) is 8.88. The molecule has 6 rings (SSSR count). The van der Waals surface area contributed by atoms with Crippen molar-refractivity contribution in [2.24, 2.45) is 0 Å². The molecular formula is C26H20P2. The lowest BCUT2D eigenvalue weighted by atomic mass is 10.2. The predicted molar refractivity (Wildman–Crippen MR) is 127 cm³/mol. The maximum absolute atomic E-state index is 2.47. The van der Waals surface area contributed by atoms with Gasteiger partial charge in [-0.3, -0.25) is 0 Å². The van der Waals surface area contributed by atoms with Crippen molar-refractivity contribution in [2.75, 3.05) is 0 Å². The molecule has 2 unspecified atom stereocenters. The lowest BCUT2D eigenvalue weighted by Gasteiger charge is -2.12. The maximum atomic E-state index is 2.47. The van der Waals surface area contributed by atoms with Crippen molar-refractivity contribution in [3.05, 3.63) is 96.5 Å². The standard InChI is InChI=1S/C26H20P2/c1-3-9-21-19(7-1)17-25-23(21)11-5-13-27(25)15-16-28-14-6-12-24-22-10-4-2-8-20(22)18-26(24)28/h1-14,17-18H,15-16H2. The Hall–Kier alpha value is -2.52. The van der Waals surface area contributed by atoms with E-state index in [2.05, 4.69) is 96.5 Å². The molecule has 0 saturated heterocycles. The Morgan fingerprint density at radius 2 is 0.964 bits per heavy atom. The summed E-state index contributed by atoms with van der Waals surface area (Å²) in [6, 6.07) is 31.7. The average molecular weight is 394 g/mol. The van der Waals surface area contributed by atoms with E-state index in [1.807, 2.05) is 0 Å². The summed E-state index contributed by atoms with van der Waals surface area (Å²) in [7, 11) is -0.424. The molecule has 0 aromatic heterocycles. The van der Waals surface area contributed by atoms with Crippen molar-refractivity contribution in [3.63, 3.8) is 0 Å². The highest BCUT2D eigenvalue weighted by atomic mass is 31.1. The average Bonchev–Trinajstić information content (AvgIpc) is 3.31. The lowest BCUT2D eigenvalue weighted by molar-refractivity contribution is 1.28. The number of fused-ring (bicyclic) bond motifs is 6. The Balaban J connectivity index is 1.39. The Kier molecular flexibility index (Phi) is 3.83. The molecule has 0 nitrogen and oxygen atoms in total. The molecule has 2 atom stereocenters. The van der Waals surface area contributed by atoms with E-state index in [-0.39, 0.29) is 15.1 Å². The first-order chi connectivity index (χ1) is 13.9. The first-order valence-corrected chi connectivity index (χ1v) is 13.0. The van der Waals surface area contributed by atoms with Crippen molar-refractivity contribution in [1.82, 2.24) is 0 Å². The fraction of sp³-hybridized carbons (Fsp3) is 0.0769. The molecule has 0 radical (unpaired) electrons. The Labute approximate surface area is 167 Å². The van der Waals surface area contributed by atoms with Crippen molar-refractivity contribution < 1.29 is 0 Å². The molecule has 0 saturated carbocycles. The van der Waals surface area contributed by atoms with Gasteiger partial charge in [-0.25, -0.2) is 0 Å². The molecule has 0 bridgehead atoms. The maximum Gasteiger partial charge on any atom is 0.00241 e. The quantitative estimate of drug-likeness (QED) is 0.281. The van der Waals surface area contributed by atoms with E-state index in [0.29, 0.717) is 0 Å². The summed E-state index contributed by atoms with van der Waals surface area (Å²) in [4.78, 5) is 0. The van der Waals surface area contributed by atoms with E-state index in [0.717, 1.165) is 0 Å². The van der Waals surface area contributed by atoms with Gasteiger partial charge in [-0.2, -0.15) is 0 Å². The zero-order chi connectivity index (χ0) is 18.5. The second kappa shape index (κ2) is 6.52. The minimum Gasteiger partial charge on any atom is -0.116 e. The zero-order valence-electron chi connectivity index (χ0n) is 15.5. The largest absolute Gasteiger partial charge is 0.116 e. The van der Waals surface area contributed by atoms with Crippen molar-refractivity contribution >= 4 is 36.6 Å². The molecule has 2 aromatic carbocycles. The van der Waals surface area contributed by atoms with Crippen molar-refractivity contribution in [3.8, 4) is 21.7 Å². The Morgan fingerprint density at radius 3 is 1.46 bits per heavy atom. The third kappa shape index (κ3) is 2.53. The molecule has 2 aromatic rings. The molecular weight excluding hydrogens is 374 g/mol. The summed E-state index contributed by atoms with van der Waals surface area (Å²) in [5.74, 6) is 4.93. The number of aryl methyl sites for hydroxylation is 2. The summed E-state index contributed by atoms with van der Waals surface area (Å²) in [5, 5.41) is 8.77. The van der Waals surface area contributed by atoms with Gasteiger partial charge >= 0.3 is 0 Å². The molecule has 134 valence electrons. The summed E-state index contributed by atoms with van der Waals surface area (Å²) in [6.07, 6.45) is 2.56. The first kappa shape index (κ1) is 16.4. The van der Waals surface area contributed by atoms with Crippen LogP contribution in [-0.2, 0) is 12.3 Å². The lowest BCUT2D eigenvalue weighted by Crippen LogP contribution is -1.79. The van der Waals surface area contributed by atoms with Gasteiger partial charge in [0.05, 0.1) is 0 Å². The Morgan fingerprint density at radius 1 is 0.500 bits per heavy atom. The van der Waals surface area contributed by atoms with Gasteiger partial charge in [0.1, 0.15) is 0 Å². The summed E-state index contributed by atoms with van der Waals surface area (Å²) in [5.41, 5.74) is 2.92. The monoisotopic (exact) mass is 394 g/mol. The van der Waals surface area contributed by atoms with E-state index in [9.17, 15) is 0 Å². The van der Waals surface area contributed by atoms with Crippen LogP contribution in [0.4, 0.5) is 0 Å². The third-order valence-corrected chi connectivity index (χ3v) is 10.7. The van der Waals surface area contributed by atoms with Crippen LogP contribution >= 0.6 is 15.1 Å². The van der Waals surface area contributed by atoms with E-state index in [1.54, 1.807) is 10.6 Å².